The standard InChI is InChI=1S/C15H19NO2S2/c1-16(11-9-15-8-5-12-19-15)20(17,18)13-10-14-6-3-2-4-7-14/h2-8,12H,9-11,13H2,1H3. The topological polar surface area (TPSA) is 37.4 Å². The third-order valence-electron chi connectivity index (χ3n) is 3.22. The van der Waals surface area contributed by atoms with Gasteiger partial charge in [-0.05, 0) is 29.9 Å². The molecule has 0 N–H and O–H groups in total. The summed E-state index contributed by atoms with van der Waals surface area (Å²) in [4.78, 5) is 1.22. The molecule has 20 heavy (non-hydrogen) atoms. The molecule has 1 heterocycles. The molecule has 0 unspecified atom stereocenters. The summed E-state index contributed by atoms with van der Waals surface area (Å²) in [5.74, 6) is 0.165. The maximum atomic E-state index is 12.2. The van der Waals surface area contributed by atoms with Crippen LogP contribution in [0.5, 0.6) is 0 Å². The van der Waals surface area contributed by atoms with Gasteiger partial charge in [-0.3, -0.25) is 0 Å². The molecule has 2 rings (SSSR count). The molecule has 0 atom stereocenters. The highest BCUT2D eigenvalue weighted by atomic mass is 32.2. The minimum absolute atomic E-state index is 0.165. The molecular weight excluding hydrogens is 290 g/mol. The monoisotopic (exact) mass is 309 g/mol. The zero-order valence-corrected chi connectivity index (χ0v) is 13.2. The van der Waals surface area contributed by atoms with Gasteiger partial charge in [0.05, 0.1) is 5.75 Å². The summed E-state index contributed by atoms with van der Waals surface area (Å²) < 4.78 is 25.9. The Labute approximate surface area is 124 Å². The van der Waals surface area contributed by atoms with Gasteiger partial charge in [0.1, 0.15) is 0 Å². The van der Waals surface area contributed by atoms with E-state index in [0.29, 0.717) is 13.0 Å². The molecule has 108 valence electrons. The van der Waals surface area contributed by atoms with Crippen molar-refractivity contribution in [3.63, 3.8) is 0 Å². The number of hydrogen-bond donors (Lipinski definition) is 0. The average Bonchev–Trinajstić information content (AvgIpc) is 2.97. The largest absolute Gasteiger partial charge is 0.214 e. The van der Waals surface area contributed by atoms with Crippen molar-refractivity contribution in [2.75, 3.05) is 19.3 Å². The number of nitrogens with zero attached hydrogens (tertiary/aromatic N) is 1. The van der Waals surface area contributed by atoms with Crippen LogP contribution in [0.15, 0.2) is 47.8 Å². The summed E-state index contributed by atoms with van der Waals surface area (Å²) >= 11 is 1.66. The van der Waals surface area contributed by atoms with E-state index < -0.39 is 10.0 Å². The number of sulfonamides is 1. The third kappa shape index (κ3) is 4.44. The number of likely N-dealkylation sites (N-methyl/N-ethyl adjacent to an activating group) is 1. The summed E-state index contributed by atoms with van der Waals surface area (Å²) in [6.45, 7) is 0.539. The van der Waals surface area contributed by atoms with E-state index in [1.807, 2.05) is 47.8 Å². The molecule has 5 heteroatoms. The average molecular weight is 309 g/mol. The Morgan fingerprint density at radius 2 is 1.80 bits per heavy atom. The molecule has 0 spiro atoms. The lowest BCUT2D eigenvalue weighted by atomic mass is 10.2. The fourth-order valence-electron chi connectivity index (χ4n) is 1.91. The predicted molar refractivity (Wildman–Crippen MR) is 84.6 cm³/mol. The fraction of sp³-hybridized carbons (Fsp3) is 0.333. The van der Waals surface area contributed by atoms with Crippen molar-refractivity contribution in [3.05, 3.63) is 58.3 Å². The second kappa shape index (κ2) is 7.02. The van der Waals surface area contributed by atoms with E-state index in [2.05, 4.69) is 0 Å². The second-order valence-corrected chi connectivity index (χ2v) is 7.93. The molecular formula is C15H19NO2S2. The van der Waals surface area contributed by atoms with E-state index in [-0.39, 0.29) is 5.75 Å². The van der Waals surface area contributed by atoms with E-state index in [0.717, 1.165) is 12.0 Å². The summed E-state index contributed by atoms with van der Waals surface area (Å²) in [5, 5.41) is 2.01. The summed E-state index contributed by atoms with van der Waals surface area (Å²) in [6, 6.07) is 13.7. The normalized spacial score (nSPS) is 11.9. The Morgan fingerprint density at radius 3 is 2.45 bits per heavy atom. The predicted octanol–water partition coefficient (Wildman–Crippen LogP) is 2.79. The Bertz CT molecular complexity index is 607. The lowest BCUT2D eigenvalue weighted by Crippen LogP contribution is -2.31. The first-order chi connectivity index (χ1) is 9.58. The first kappa shape index (κ1) is 15.2. The first-order valence-corrected chi connectivity index (χ1v) is 9.07. The number of rotatable bonds is 7. The molecule has 0 aliphatic heterocycles. The molecule has 0 aliphatic rings. The van der Waals surface area contributed by atoms with Crippen LogP contribution in [0.1, 0.15) is 10.4 Å². The van der Waals surface area contributed by atoms with E-state index >= 15 is 0 Å². The maximum absolute atomic E-state index is 12.2. The van der Waals surface area contributed by atoms with Crippen molar-refractivity contribution in [2.45, 2.75) is 12.8 Å². The SMILES string of the molecule is CN(CCc1cccs1)S(=O)(=O)CCc1ccccc1. The Kier molecular flexibility index (Phi) is 5.34. The van der Waals surface area contributed by atoms with Crippen molar-refractivity contribution in [1.29, 1.82) is 0 Å². The van der Waals surface area contributed by atoms with Gasteiger partial charge < -0.3 is 0 Å². The minimum atomic E-state index is -3.17. The van der Waals surface area contributed by atoms with Crippen LogP contribution in [0.25, 0.3) is 0 Å². The van der Waals surface area contributed by atoms with Gasteiger partial charge in [-0.1, -0.05) is 36.4 Å². The lowest BCUT2D eigenvalue weighted by molar-refractivity contribution is 0.473. The third-order valence-corrected chi connectivity index (χ3v) is 6.01. The van der Waals surface area contributed by atoms with Crippen molar-refractivity contribution >= 4 is 21.4 Å². The molecule has 1 aromatic heterocycles. The van der Waals surface area contributed by atoms with Crippen LogP contribution in [-0.4, -0.2) is 32.1 Å². The Balaban J connectivity index is 1.85. The van der Waals surface area contributed by atoms with Gasteiger partial charge in [0, 0.05) is 18.5 Å². The molecule has 0 aliphatic carbocycles. The van der Waals surface area contributed by atoms with Crippen LogP contribution >= 0.6 is 11.3 Å². The molecule has 3 nitrogen and oxygen atoms in total. The number of hydrogen-bond acceptors (Lipinski definition) is 3. The highest BCUT2D eigenvalue weighted by Crippen LogP contribution is 2.11. The quantitative estimate of drug-likeness (QED) is 0.788. The zero-order chi connectivity index (χ0) is 14.4. The molecule has 0 radical (unpaired) electrons. The van der Waals surface area contributed by atoms with Gasteiger partial charge >= 0.3 is 0 Å². The van der Waals surface area contributed by atoms with E-state index in [9.17, 15) is 8.42 Å². The van der Waals surface area contributed by atoms with E-state index in [1.54, 1.807) is 18.4 Å². The Morgan fingerprint density at radius 1 is 1.05 bits per heavy atom. The van der Waals surface area contributed by atoms with Gasteiger partial charge in [0.25, 0.3) is 0 Å². The van der Waals surface area contributed by atoms with Crippen molar-refractivity contribution in [2.24, 2.45) is 0 Å². The van der Waals surface area contributed by atoms with Crippen LogP contribution in [0.4, 0.5) is 0 Å². The number of benzene rings is 1. The van der Waals surface area contributed by atoms with E-state index in [1.165, 1.54) is 9.18 Å². The highest BCUT2D eigenvalue weighted by molar-refractivity contribution is 7.89. The van der Waals surface area contributed by atoms with E-state index in [4.69, 9.17) is 0 Å². The van der Waals surface area contributed by atoms with Crippen LogP contribution in [0.3, 0.4) is 0 Å². The zero-order valence-electron chi connectivity index (χ0n) is 11.5. The molecule has 0 fully saturated rings. The Hall–Kier alpha value is -1.17. The maximum Gasteiger partial charge on any atom is 0.214 e. The summed E-state index contributed by atoms with van der Waals surface area (Å²) in [5.41, 5.74) is 1.06. The van der Waals surface area contributed by atoms with Gasteiger partial charge in [0.15, 0.2) is 0 Å². The summed E-state index contributed by atoms with van der Waals surface area (Å²) in [7, 11) is -1.51. The second-order valence-electron chi connectivity index (χ2n) is 4.70. The highest BCUT2D eigenvalue weighted by Gasteiger charge is 2.17. The van der Waals surface area contributed by atoms with Gasteiger partial charge in [0.2, 0.25) is 10.0 Å². The van der Waals surface area contributed by atoms with Crippen LogP contribution < -0.4 is 0 Å². The lowest BCUT2D eigenvalue weighted by Gasteiger charge is -2.16. The molecule has 0 bridgehead atoms. The molecule has 2 aromatic rings. The van der Waals surface area contributed by atoms with Crippen LogP contribution in [0.2, 0.25) is 0 Å². The molecule has 0 amide bonds. The van der Waals surface area contributed by atoms with Crippen LogP contribution in [0, 0.1) is 0 Å². The minimum Gasteiger partial charge on any atom is -0.212 e. The smallest absolute Gasteiger partial charge is 0.212 e. The van der Waals surface area contributed by atoms with Crippen molar-refractivity contribution in [1.82, 2.24) is 4.31 Å². The number of thiophene rings is 1. The van der Waals surface area contributed by atoms with Crippen molar-refractivity contribution < 1.29 is 8.42 Å². The molecule has 1 aromatic carbocycles. The molecule has 0 saturated carbocycles. The number of aryl methyl sites for hydroxylation is 1. The van der Waals surface area contributed by atoms with Gasteiger partial charge in [-0.2, -0.15) is 0 Å². The summed E-state index contributed by atoms with van der Waals surface area (Å²) in [6.07, 6.45) is 1.34. The van der Waals surface area contributed by atoms with Crippen LogP contribution in [-0.2, 0) is 22.9 Å². The first-order valence-electron chi connectivity index (χ1n) is 6.58. The van der Waals surface area contributed by atoms with Gasteiger partial charge in [-0.15, -0.1) is 11.3 Å². The van der Waals surface area contributed by atoms with Gasteiger partial charge in [-0.25, -0.2) is 12.7 Å². The molecule has 0 saturated heterocycles. The fourth-order valence-corrected chi connectivity index (χ4v) is 3.78. The van der Waals surface area contributed by atoms with Crippen molar-refractivity contribution in [3.8, 4) is 0 Å².